The molecular weight excluding hydrogens is 513 g/mol. The Labute approximate surface area is 187 Å². The Morgan fingerprint density at radius 2 is 1.94 bits per heavy atom. The predicted molar refractivity (Wildman–Crippen MR) is 102 cm³/mol. The molecule has 4 atom stereocenters. The number of carbonyl (C=O) groups is 1. The highest BCUT2D eigenvalue weighted by Gasteiger charge is 2.66. The zero-order valence-electron chi connectivity index (χ0n) is 16.9. The third kappa shape index (κ3) is 4.72. The molecule has 174 valence electrons. The van der Waals surface area contributed by atoms with E-state index in [2.05, 4.69) is 20.7 Å². The molecule has 0 aliphatic carbocycles. The topological polar surface area (TPSA) is 81.7 Å². The Balaban J connectivity index is 1.49. The van der Waals surface area contributed by atoms with Gasteiger partial charge in [-0.1, -0.05) is 11.3 Å². The van der Waals surface area contributed by atoms with E-state index in [0.29, 0.717) is 11.3 Å². The van der Waals surface area contributed by atoms with Crippen LogP contribution >= 0.6 is 27.3 Å². The zero-order chi connectivity index (χ0) is 22.8. The van der Waals surface area contributed by atoms with Gasteiger partial charge >= 0.3 is 12.3 Å². The minimum atomic E-state index is -4.88. The molecule has 0 N–H and O–H groups in total. The summed E-state index contributed by atoms with van der Waals surface area (Å²) in [5, 5.41) is -0.507. The number of fused-ring (bicyclic) bond motifs is 3. The number of esters is 1. The maximum Gasteiger partial charge on any atom is 0.573 e. The molecule has 4 rings (SSSR count). The summed E-state index contributed by atoms with van der Waals surface area (Å²) < 4.78 is 76.3. The molecule has 3 aliphatic heterocycles. The van der Waals surface area contributed by atoms with Gasteiger partial charge in [0.25, 0.3) is 0 Å². The van der Waals surface area contributed by atoms with Crippen molar-refractivity contribution in [1.82, 2.24) is 0 Å². The Morgan fingerprint density at radius 3 is 2.61 bits per heavy atom. The third-order valence-corrected chi connectivity index (χ3v) is 6.59. The molecule has 4 heterocycles. The molecule has 13 heteroatoms. The Bertz CT molecular complexity index is 872. The Morgan fingerprint density at radius 1 is 1.23 bits per heavy atom. The van der Waals surface area contributed by atoms with Crippen LogP contribution in [-0.4, -0.2) is 61.2 Å². The van der Waals surface area contributed by atoms with Crippen molar-refractivity contribution in [2.75, 3.05) is 13.2 Å². The molecule has 0 saturated carbocycles. The van der Waals surface area contributed by atoms with Crippen LogP contribution in [0.15, 0.2) is 10.5 Å². The summed E-state index contributed by atoms with van der Waals surface area (Å²) in [6.45, 7) is 6.66. The van der Waals surface area contributed by atoms with E-state index in [9.17, 15) is 18.0 Å². The fourth-order valence-corrected chi connectivity index (χ4v) is 5.33. The van der Waals surface area contributed by atoms with Crippen molar-refractivity contribution in [1.29, 1.82) is 0 Å². The van der Waals surface area contributed by atoms with Crippen LogP contribution in [0.1, 0.15) is 37.4 Å². The zero-order valence-corrected chi connectivity index (χ0v) is 19.3. The molecule has 0 bridgehead atoms. The van der Waals surface area contributed by atoms with Crippen molar-refractivity contribution in [3.8, 4) is 5.06 Å². The van der Waals surface area contributed by atoms with Crippen molar-refractivity contribution in [3.63, 3.8) is 0 Å². The van der Waals surface area contributed by atoms with Gasteiger partial charge in [0.15, 0.2) is 16.6 Å². The average Bonchev–Trinajstić information content (AvgIpc) is 3.21. The Kier molecular flexibility index (Phi) is 5.64. The van der Waals surface area contributed by atoms with E-state index in [4.69, 9.17) is 28.4 Å². The van der Waals surface area contributed by atoms with Gasteiger partial charge in [0.1, 0.15) is 29.8 Å². The van der Waals surface area contributed by atoms with Gasteiger partial charge < -0.3 is 33.2 Å². The first-order valence-electron chi connectivity index (χ1n) is 9.28. The number of thiophene rings is 1. The maximum atomic E-state index is 12.5. The van der Waals surface area contributed by atoms with Gasteiger partial charge in [0.2, 0.25) is 5.79 Å². The molecule has 8 nitrogen and oxygen atoms in total. The summed E-state index contributed by atoms with van der Waals surface area (Å²) in [5.41, 5.74) is 0. The second-order valence-corrected chi connectivity index (χ2v) is 10.0. The molecule has 3 saturated heterocycles. The van der Waals surface area contributed by atoms with Crippen LogP contribution in [0.25, 0.3) is 0 Å². The van der Waals surface area contributed by atoms with E-state index in [1.165, 1.54) is 6.07 Å². The first-order chi connectivity index (χ1) is 14.2. The molecular formula is C18H20BrF3O8S. The van der Waals surface area contributed by atoms with Crippen LogP contribution in [0.5, 0.6) is 5.06 Å². The van der Waals surface area contributed by atoms with Crippen LogP contribution < -0.4 is 4.74 Å². The van der Waals surface area contributed by atoms with E-state index in [-0.39, 0.29) is 22.6 Å². The van der Waals surface area contributed by atoms with Crippen LogP contribution in [0.4, 0.5) is 13.2 Å². The quantitative estimate of drug-likeness (QED) is 0.539. The maximum absolute atomic E-state index is 12.5. The van der Waals surface area contributed by atoms with Gasteiger partial charge in [-0.05, 0) is 49.7 Å². The number of halogens is 4. The summed E-state index contributed by atoms with van der Waals surface area (Å²) in [7, 11) is 0. The fourth-order valence-electron chi connectivity index (χ4n) is 3.81. The molecule has 1 aromatic heterocycles. The van der Waals surface area contributed by atoms with Crippen molar-refractivity contribution < 1.29 is 51.1 Å². The van der Waals surface area contributed by atoms with Gasteiger partial charge in [-0.25, -0.2) is 4.79 Å². The lowest BCUT2D eigenvalue weighted by Gasteiger charge is -2.40. The lowest BCUT2D eigenvalue weighted by Crippen LogP contribution is -2.60. The molecule has 0 radical (unpaired) electrons. The summed E-state index contributed by atoms with van der Waals surface area (Å²) in [4.78, 5) is 12.4. The van der Waals surface area contributed by atoms with Crippen LogP contribution in [0.3, 0.4) is 0 Å². The number of carbonyl (C=O) groups excluding carboxylic acids is 1. The number of hydrogen-bond acceptors (Lipinski definition) is 9. The first kappa shape index (κ1) is 23.2. The predicted octanol–water partition coefficient (Wildman–Crippen LogP) is 3.96. The molecule has 0 aromatic carbocycles. The molecule has 0 unspecified atom stereocenters. The van der Waals surface area contributed by atoms with Crippen LogP contribution in [-0.2, 0) is 28.4 Å². The third-order valence-electron chi connectivity index (χ3n) is 4.74. The normalized spacial score (nSPS) is 33.6. The Hall–Kier alpha value is -0.960. The van der Waals surface area contributed by atoms with Crippen LogP contribution in [0.2, 0.25) is 0 Å². The SMILES string of the molecule is CC1(C)O[C@@H]2[C@@H](CO[C@@]3(COC(=O)c4cc(Br)c(OC(F)(F)F)s4)OC(C)(C)O[C@@H]23)O1. The van der Waals surface area contributed by atoms with Gasteiger partial charge in [-0.2, -0.15) is 0 Å². The van der Waals surface area contributed by atoms with Crippen molar-refractivity contribution in [2.24, 2.45) is 0 Å². The molecule has 1 aromatic rings. The fraction of sp³-hybridized carbons (Fsp3) is 0.722. The van der Waals surface area contributed by atoms with E-state index < -0.39 is 53.1 Å². The van der Waals surface area contributed by atoms with Gasteiger partial charge in [0, 0.05) is 0 Å². The number of hydrogen-bond donors (Lipinski definition) is 0. The molecule has 3 fully saturated rings. The molecule has 3 aliphatic rings. The summed E-state index contributed by atoms with van der Waals surface area (Å²) >= 11 is 3.44. The van der Waals surface area contributed by atoms with Gasteiger partial charge in [0.05, 0.1) is 11.1 Å². The van der Waals surface area contributed by atoms with E-state index in [1.807, 2.05) is 0 Å². The summed E-state index contributed by atoms with van der Waals surface area (Å²) in [5.74, 6) is -4.22. The lowest BCUT2D eigenvalue weighted by atomic mass is 9.97. The standard InChI is InChI=1S/C18H20BrF3O8S/c1-15(2)26-9-6-25-17(12(11(9)27-15)28-16(3,4)30-17)7-24-13(23)10-5-8(19)14(31-10)29-18(20,21)22/h5,9,11-12H,6-7H2,1-4H3/t9-,11-,12+,17+/m1/s1. The molecule has 31 heavy (non-hydrogen) atoms. The smallest absolute Gasteiger partial charge is 0.456 e. The van der Waals surface area contributed by atoms with E-state index >= 15 is 0 Å². The number of ether oxygens (including phenoxy) is 7. The molecule has 0 amide bonds. The highest BCUT2D eigenvalue weighted by Crippen LogP contribution is 2.48. The lowest BCUT2D eigenvalue weighted by molar-refractivity contribution is -0.293. The summed E-state index contributed by atoms with van der Waals surface area (Å²) in [6, 6.07) is 1.19. The van der Waals surface area contributed by atoms with Crippen LogP contribution in [0, 0.1) is 0 Å². The van der Waals surface area contributed by atoms with Gasteiger partial charge in [-0.3, -0.25) is 0 Å². The van der Waals surface area contributed by atoms with E-state index in [1.54, 1.807) is 27.7 Å². The second-order valence-electron chi connectivity index (χ2n) is 8.17. The minimum absolute atomic E-state index is 0.0186. The minimum Gasteiger partial charge on any atom is -0.456 e. The number of rotatable bonds is 4. The highest BCUT2D eigenvalue weighted by molar-refractivity contribution is 9.10. The first-order valence-corrected chi connectivity index (χ1v) is 10.9. The van der Waals surface area contributed by atoms with Gasteiger partial charge in [-0.15, -0.1) is 13.2 Å². The largest absolute Gasteiger partial charge is 0.573 e. The van der Waals surface area contributed by atoms with Crippen molar-refractivity contribution >= 4 is 33.2 Å². The second kappa shape index (κ2) is 7.54. The molecule has 0 spiro atoms. The van der Waals surface area contributed by atoms with Crippen molar-refractivity contribution in [3.05, 3.63) is 15.4 Å². The average molecular weight is 533 g/mol. The number of alkyl halides is 3. The van der Waals surface area contributed by atoms with Crippen molar-refractivity contribution in [2.45, 2.75) is 69.7 Å². The monoisotopic (exact) mass is 532 g/mol. The summed E-state index contributed by atoms with van der Waals surface area (Å²) in [6.07, 6.45) is -6.55. The highest BCUT2D eigenvalue weighted by atomic mass is 79.9. The van der Waals surface area contributed by atoms with E-state index in [0.717, 1.165) is 0 Å².